The molecule has 0 unspecified atom stereocenters. The smallest absolute Gasteiger partial charge is 0.406 e. The molecule has 44 heavy (non-hydrogen) atoms. The predicted octanol–water partition coefficient (Wildman–Crippen LogP) is 6.95. The summed E-state index contributed by atoms with van der Waals surface area (Å²) in [4.78, 5) is 0. The molecule has 5 rings (SSSR count). The van der Waals surface area contributed by atoms with Gasteiger partial charge < -0.3 is 4.74 Å². The molecule has 0 bridgehead atoms. The minimum atomic E-state index is -5.06. The molecular formula is C31H6F6N6O. The third-order valence-electron chi connectivity index (χ3n) is 6.85. The van der Waals surface area contributed by atoms with Crippen LogP contribution in [0.1, 0.15) is 33.4 Å². The highest BCUT2D eigenvalue weighted by Crippen LogP contribution is 2.53. The van der Waals surface area contributed by atoms with Gasteiger partial charge in [0.05, 0.1) is 5.57 Å². The van der Waals surface area contributed by atoms with E-state index in [0.717, 1.165) is 12.1 Å². The zero-order valence-corrected chi connectivity index (χ0v) is 21.3. The Morgan fingerprint density at radius 2 is 1.18 bits per heavy atom. The summed E-state index contributed by atoms with van der Waals surface area (Å²) in [5.41, 5.74) is -5.78. The van der Waals surface area contributed by atoms with Crippen LogP contribution in [0.3, 0.4) is 0 Å². The summed E-state index contributed by atoms with van der Waals surface area (Å²) in [6, 6.07) is 16.3. The predicted molar refractivity (Wildman–Crippen MR) is 137 cm³/mol. The quantitative estimate of drug-likeness (QED) is 0.139. The Morgan fingerprint density at radius 3 is 1.73 bits per heavy atom. The monoisotopic (exact) mass is 592 g/mol. The summed E-state index contributed by atoms with van der Waals surface area (Å²) in [6.45, 7) is 0. The van der Waals surface area contributed by atoms with Crippen LogP contribution in [-0.4, -0.2) is 6.36 Å². The van der Waals surface area contributed by atoms with Crippen LogP contribution < -0.4 is 4.74 Å². The Labute approximate surface area is 243 Å². The van der Waals surface area contributed by atoms with E-state index in [1.807, 2.05) is 0 Å². The number of alkyl halides is 3. The summed E-state index contributed by atoms with van der Waals surface area (Å²) >= 11 is 0. The SMILES string of the molecule is N#CC(C#N)=C1c2cc(OC(F)(F)F)ccc2-c2ccc(C3=C(C#N)c4c(F)c(F)c(C#N)c(F)c4C3=C(C#N)C#N)cc21. The number of hydrogen-bond acceptors (Lipinski definition) is 7. The van der Waals surface area contributed by atoms with Gasteiger partial charge in [-0.05, 0) is 46.0 Å². The third kappa shape index (κ3) is 4.10. The number of rotatable bonds is 2. The summed E-state index contributed by atoms with van der Waals surface area (Å²) in [6.07, 6.45) is -5.06. The first-order valence-corrected chi connectivity index (χ1v) is 11.9. The maximum Gasteiger partial charge on any atom is 0.573 e. The molecule has 0 fully saturated rings. The molecule has 0 saturated heterocycles. The van der Waals surface area contributed by atoms with Gasteiger partial charge in [0.1, 0.15) is 58.9 Å². The fourth-order valence-corrected chi connectivity index (χ4v) is 5.25. The number of nitriles is 6. The number of benzene rings is 3. The van der Waals surface area contributed by atoms with Crippen LogP contribution in [0.15, 0.2) is 47.5 Å². The van der Waals surface area contributed by atoms with E-state index in [0.29, 0.717) is 5.56 Å². The molecule has 3 aromatic carbocycles. The van der Waals surface area contributed by atoms with Crippen molar-refractivity contribution in [1.82, 2.24) is 0 Å². The van der Waals surface area contributed by atoms with Gasteiger partial charge in [-0.2, -0.15) is 31.6 Å². The summed E-state index contributed by atoms with van der Waals surface area (Å²) < 4.78 is 88.2. The average molecular weight is 592 g/mol. The molecule has 0 heterocycles. The second kappa shape index (κ2) is 10.2. The number of nitrogens with zero attached hydrogens (tertiary/aromatic N) is 6. The van der Waals surface area contributed by atoms with Gasteiger partial charge in [0, 0.05) is 27.8 Å². The van der Waals surface area contributed by atoms with E-state index in [9.17, 15) is 49.1 Å². The Morgan fingerprint density at radius 1 is 0.614 bits per heavy atom. The molecule has 3 aromatic rings. The van der Waals surface area contributed by atoms with E-state index >= 15 is 8.78 Å². The molecular weight excluding hydrogens is 586 g/mol. The van der Waals surface area contributed by atoms with E-state index in [4.69, 9.17) is 0 Å². The molecule has 7 nitrogen and oxygen atoms in total. The number of allylic oxidation sites excluding steroid dienone is 5. The molecule has 2 aliphatic rings. The standard InChI is InChI=1S/C31H6F6N6O/c32-28-22(12-43)29(33)30(34)26-21(11-42)24(25(27(26)28)15(9-40)10-41)13-1-3-17-18-4-2-16(44-31(35,36)37)6-20(18)23(19(17)5-13)14(7-38)8-39/h1-6H. The fraction of sp³-hybridized carbons (Fsp3) is 0.0323. The van der Waals surface area contributed by atoms with Gasteiger partial charge in [0.15, 0.2) is 17.5 Å². The van der Waals surface area contributed by atoms with Crippen molar-refractivity contribution in [3.8, 4) is 53.3 Å². The number of fused-ring (bicyclic) bond motifs is 4. The second-order valence-corrected chi connectivity index (χ2v) is 9.00. The van der Waals surface area contributed by atoms with Crippen LogP contribution in [0.2, 0.25) is 0 Å². The van der Waals surface area contributed by atoms with E-state index in [1.165, 1.54) is 42.5 Å². The average Bonchev–Trinajstić information content (AvgIpc) is 3.50. The third-order valence-corrected chi connectivity index (χ3v) is 6.85. The zero-order valence-electron chi connectivity index (χ0n) is 21.3. The molecule has 0 saturated carbocycles. The summed E-state index contributed by atoms with van der Waals surface area (Å²) in [7, 11) is 0. The van der Waals surface area contributed by atoms with Crippen molar-refractivity contribution in [3.05, 3.63) is 98.4 Å². The molecule has 208 valence electrons. The van der Waals surface area contributed by atoms with Crippen LogP contribution in [0.4, 0.5) is 26.3 Å². The van der Waals surface area contributed by atoms with Crippen LogP contribution in [0.25, 0.3) is 33.4 Å². The van der Waals surface area contributed by atoms with Gasteiger partial charge in [0.25, 0.3) is 0 Å². The van der Waals surface area contributed by atoms with Gasteiger partial charge in [-0.15, -0.1) is 13.2 Å². The van der Waals surface area contributed by atoms with Gasteiger partial charge in [-0.25, -0.2) is 13.2 Å². The molecule has 13 heteroatoms. The van der Waals surface area contributed by atoms with Crippen molar-refractivity contribution in [2.24, 2.45) is 0 Å². The Kier molecular flexibility index (Phi) is 6.68. The molecule has 0 aromatic heterocycles. The lowest BCUT2D eigenvalue weighted by Gasteiger charge is -2.12. The Hall–Kier alpha value is -6.80. The summed E-state index contributed by atoms with van der Waals surface area (Å²) in [5, 5.41) is 58.0. The van der Waals surface area contributed by atoms with Gasteiger partial charge in [-0.3, -0.25) is 0 Å². The van der Waals surface area contributed by atoms with Crippen molar-refractivity contribution in [3.63, 3.8) is 0 Å². The highest BCUT2D eigenvalue weighted by Gasteiger charge is 2.40. The zero-order chi connectivity index (χ0) is 32.1. The lowest BCUT2D eigenvalue weighted by atomic mass is 9.89. The van der Waals surface area contributed by atoms with E-state index < -0.39 is 74.1 Å². The molecule has 0 atom stereocenters. The molecule has 0 aliphatic heterocycles. The minimum absolute atomic E-state index is 0.00419. The number of hydrogen-bond donors (Lipinski definition) is 0. The van der Waals surface area contributed by atoms with Crippen molar-refractivity contribution in [1.29, 1.82) is 31.6 Å². The lowest BCUT2D eigenvalue weighted by molar-refractivity contribution is -0.274. The van der Waals surface area contributed by atoms with Crippen LogP contribution >= 0.6 is 0 Å². The molecule has 0 spiro atoms. The maximum absolute atomic E-state index is 15.5. The van der Waals surface area contributed by atoms with Gasteiger partial charge in [0.2, 0.25) is 0 Å². The summed E-state index contributed by atoms with van der Waals surface area (Å²) in [5.74, 6) is -5.95. The van der Waals surface area contributed by atoms with Crippen molar-refractivity contribution in [2.75, 3.05) is 0 Å². The van der Waals surface area contributed by atoms with Gasteiger partial charge >= 0.3 is 6.36 Å². The second-order valence-electron chi connectivity index (χ2n) is 9.00. The normalized spacial score (nSPS) is 12.5. The largest absolute Gasteiger partial charge is 0.573 e. The first-order chi connectivity index (χ1) is 21.0. The Bertz CT molecular complexity index is 2200. The van der Waals surface area contributed by atoms with Gasteiger partial charge in [-0.1, -0.05) is 18.2 Å². The number of halogens is 6. The van der Waals surface area contributed by atoms with E-state index in [1.54, 1.807) is 18.2 Å². The van der Waals surface area contributed by atoms with Crippen molar-refractivity contribution < 1.29 is 31.1 Å². The fourth-order valence-electron chi connectivity index (χ4n) is 5.25. The van der Waals surface area contributed by atoms with E-state index in [-0.39, 0.29) is 27.8 Å². The maximum atomic E-state index is 15.5. The van der Waals surface area contributed by atoms with Crippen LogP contribution in [0, 0.1) is 85.4 Å². The highest BCUT2D eigenvalue weighted by molar-refractivity contribution is 6.26. The molecule has 0 radical (unpaired) electrons. The van der Waals surface area contributed by atoms with Crippen molar-refractivity contribution >= 4 is 22.3 Å². The molecule has 0 amide bonds. The first kappa shape index (κ1) is 28.7. The van der Waals surface area contributed by atoms with Crippen molar-refractivity contribution in [2.45, 2.75) is 6.36 Å². The van der Waals surface area contributed by atoms with Crippen LogP contribution in [-0.2, 0) is 0 Å². The molecule has 0 N–H and O–H groups in total. The molecule has 2 aliphatic carbocycles. The highest BCUT2D eigenvalue weighted by atomic mass is 19.4. The van der Waals surface area contributed by atoms with E-state index in [2.05, 4.69) is 4.74 Å². The topological polar surface area (TPSA) is 152 Å². The first-order valence-electron chi connectivity index (χ1n) is 11.9. The number of ether oxygens (including phenoxy) is 1. The Balaban J connectivity index is 1.86. The lowest BCUT2D eigenvalue weighted by Crippen LogP contribution is -2.17. The minimum Gasteiger partial charge on any atom is -0.406 e. The van der Waals surface area contributed by atoms with Crippen LogP contribution in [0.5, 0.6) is 5.75 Å².